The molecule has 0 saturated heterocycles. The summed E-state index contributed by atoms with van der Waals surface area (Å²) >= 11 is 4.97. The molecule has 4 rings (SSSR count). The summed E-state index contributed by atoms with van der Waals surface area (Å²) in [5, 5.41) is 5.89. The first-order valence-electron chi connectivity index (χ1n) is 9.15. The van der Waals surface area contributed by atoms with Crippen molar-refractivity contribution < 1.29 is 4.79 Å². The topological polar surface area (TPSA) is 66.9 Å². The molecule has 2 aliphatic rings. The second-order valence-electron chi connectivity index (χ2n) is 7.01. The lowest BCUT2D eigenvalue weighted by Gasteiger charge is -2.19. The van der Waals surface area contributed by atoms with Crippen LogP contribution in [-0.2, 0) is 4.79 Å². The predicted molar refractivity (Wildman–Crippen MR) is 109 cm³/mol. The summed E-state index contributed by atoms with van der Waals surface area (Å²) in [5.74, 6) is 0.974. The van der Waals surface area contributed by atoms with E-state index in [4.69, 9.17) is 0 Å². The number of rotatable bonds is 2. The number of nitrogens with zero attached hydrogens (tertiary/aromatic N) is 1. The zero-order chi connectivity index (χ0) is 18.1. The first kappa shape index (κ1) is 17.9. The number of aromatic amines is 1. The number of nitrogens with one attached hydrogen (secondary N) is 2. The van der Waals surface area contributed by atoms with Gasteiger partial charge in [-0.15, -0.1) is 11.8 Å². The lowest BCUT2D eigenvalue weighted by Crippen LogP contribution is -2.19. The lowest BCUT2D eigenvalue weighted by molar-refractivity contribution is -0.113. The van der Waals surface area contributed by atoms with Crippen molar-refractivity contribution in [2.75, 3.05) is 11.1 Å². The maximum absolute atomic E-state index is 12.9. The van der Waals surface area contributed by atoms with Gasteiger partial charge in [-0.2, -0.15) is 0 Å². The minimum absolute atomic E-state index is 0.0442. The molecule has 1 atom stereocenters. The number of thioether (sulfide) groups is 1. The van der Waals surface area contributed by atoms with E-state index in [1.54, 1.807) is 0 Å². The Morgan fingerprint density at radius 3 is 2.42 bits per heavy atom. The summed E-state index contributed by atoms with van der Waals surface area (Å²) in [6.45, 7) is 0. The molecule has 0 radical (unpaired) electrons. The SMILES string of the molecule is O=C1CSC(c2ccc(Br)cc2)c2c(n(C3CCCCCC3)[nH]c2=O)N1. The smallest absolute Gasteiger partial charge is 0.270 e. The maximum atomic E-state index is 12.9. The van der Waals surface area contributed by atoms with Crippen LogP contribution in [0.4, 0.5) is 5.82 Å². The van der Waals surface area contributed by atoms with Gasteiger partial charge in [0.1, 0.15) is 5.82 Å². The van der Waals surface area contributed by atoms with Crippen LogP contribution in [0.5, 0.6) is 0 Å². The molecule has 1 aliphatic heterocycles. The number of H-pyrrole nitrogens is 1. The Balaban J connectivity index is 1.79. The predicted octanol–water partition coefficient (Wildman–Crippen LogP) is 4.61. The molecule has 2 heterocycles. The van der Waals surface area contributed by atoms with Gasteiger partial charge in [-0.1, -0.05) is 53.7 Å². The number of hydrogen-bond acceptors (Lipinski definition) is 3. The Bertz CT molecular complexity index is 851. The highest BCUT2D eigenvalue weighted by atomic mass is 79.9. The Labute approximate surface area is 165 Å². The van der Waals surface area contributed by atoms with E-state index in [2.05, 4.69) is 26.3 Å². The van der Waals surface area contributed by atoms with Gasteiger partial charge in [0.25, 0.3) is 5.56 Å². The molecule has 0 spiro atoms. The zero-order valence-corrected chi connectivity index (χ0v) is 16.9. The van der Waals surface area contributed by atoms with Crippen LogP contribution in [0.25, 0.3) is 0 Å². The second kappa shape index (κ2) is 7.64. The lowest BCUT2D eigenvalue weighted by atomic mass is 10.1. The number of amides is 1. The Kier molecular flexibility index (Phi) is 5.27. The molecule has 1 aliphatic carbocycles. The average Bonchev–Trinajstić information content (AvgIpc) is 2.83. The Hall–Kier alpha value is -1.47. The van der Waals surface area contributed by atoms with Crippen LogP contribution in [0.3, 0.4) is 0 Å². The highest BCUT2D eigenvalue weighted by Gasteiger charge is 2.32. The minimum Gasteiger partial charge on any atom is -0.310 e. The highest BCUT2D eigenvalue weighted by molar-refractivity contribution is 9.10. The molecule has 1 fully saturated rings. The molecular formula is C19H22BrN3O2S. The number of halogens is 1. The summed E-state index contributed by atoms with van der Waals surface area (Å²) in [4.78, 5) is 25.2. The number of fused-ring (bicyclic) bond motifs is 1. The quantitative estimate of drug-likeness (QED) is 0.676. The van der Waals surface area contributed by atoms with Crippen LogP contribution in [0.2, 0.25) is 0 Å². The Morgan fingerprint density at radius 2 is 1.73 bits per heavy atom. The van der Waals surface area contributed by atoms with Crippen LogP contribution in [0, 0.1) is 0 Å². The highest BCUT2D eigenvalue weighted by Crippen LogP contribution is 2.41. The van der Waals surface area contributed by atoms with Crippen LogP contribution >= 0.6 is 27.7 Å². The molecule has 1 saturated carbocycles. The van der Waals surface area contributed by atoms with Gasteiger partial charge in [0.2, 0.25) is 5.91 Å². The minimum atomic E-state index is -0.146. The first-order chi connectivity index (χ1) is 12.6. The summed E-state index contributed by atoms with van der Waals surface area (Å²) in [6, 6.07) is 8.24. The van der Waals surface area contributed by atoms with Gasteiger partial charge in [-0.3, -0.25) is 19.4 Å². The van der Waals surface area contributed by atoms with Crippen LogP contribution in [-0.4, -0.2) is 21.4 Å². The molecule has 0 bridgehead atoms. The third kappa shape index (κ3) is 3.51. The maximum Gasteiger partial charge on any atom is 0.270 e. The average molecular weight is 436 g/mol. The fraction of sp³-hybridized carbons (Fsp3) is 0.474. The monoisotopic (exact) mass is 435 g/mol. The molecule has 1 aromatic carbocycles. The van der Waals surface area contributed by atoms with Crippen molar-refractivity contribution in [1.82, 2.24) is 9.78 Å². The number of carbonyl (C=O) groups is 1. The van der Waals surface area contributed by atoms with Crippen molar-refractivity contribution in [3.8, 4) is 0 Å². The van der Waals surface area contributed by atoms with E-state index in [-0.39, 0.29) is 22.8 Å². The molecule has 1 unspecified atom stereocenters. The van der Waals surface area contributed by atoms with E-state index < -0.39 is 0 Å². The normalized spacial score (nSPS) is 21.6. The third-order valence-electron chi connectivity index (χ3n) is 5.23. The summed E-state index contributed by atoms with van der Waals surface area (Å²) < 4.78 is 2.94. The van der Waals surface area contributed by atoms with Gasteiger partial charge in [0, 0.05) is 4.47 Å². The fourth-order valence-corrected chi connectivity index (χ4v) is 5.32. The standard InChI is InChI=1S/C19H22BrN3O2S/c20-13-9-7-12(8-10-13)17-16-18(21-15(24)11-26-17)23(22-19(16)25)14-5-3-1-2-4-6-14/h7-10,14,17H,1-6,11H2,(H,21,24)(H,22,25). The van der Waals surface area contributed by atoms with E-state index in [9.17, 15) is 9.59 Å². The van der Waals surface area contributed by atoms with Crippen molar-refractivity contribution in [2.45, 2.75) is 49.8 Å². The van der Waals surface area contributed by atoms with Crippen molar-refractivity contribution in [2.24, 2.45) is 0 Å². The van der Waals surface area contributed by atoms with Gasteiger partial charge in [-0.25, -0.2) is 0 Å². The van der Waals surface area contributed by atoms with Crippen LogP contribution < -0.4 is 10.9 Å². The number of carbonyl (C=O) groups excluding carboxylic acids is 1. The molecule has 5 nitrogen and oxygen atoms in total. The van der Waals surface area contributed by atoms with E-state index >= 15 is 0 Å². The van der Waals surface area contributed by atoms with Gasteiger partial charge in [-0.05, 0) is 30.5 Å². The number of anilines is 1. The molecule has 138 valence electrons. The van der Waals surface area contributed by atoms with E-state index in [0.717, 1.165) is 22.9 Å². The van der Waals surface area contributed by atoms with Gasteiger partial charge in [0.15, 0.2) is 0 Å². The fourth-order valence-electron chi connectivity index (χ4n) is 3.93. The van der Waals surface area contributed by atoms with E-state index in [1.807, 2.05) is 28.9 Å². The number of benzene rings is 1. The van der Waals surface area contributed by atoms with Crippen molar-refractivity contribution in [1.29, 1.82) is 0 Å². The van der Waals surface area contributed by atoms with Crippen molar-refractivity contribution >= 4 is 39.4 Å². The third-order valence-corrected chi connectivity index (χ3v) is 7.03. The largest absolute Gasteiger partial charge is 0.310 e. The van der Waals surface area contributed by atoms with Crippen molar-refractivity contribution in [3.05, 3.63) is 50.2 Å². The second-order valence-corrected chi connectivity index (χ2v) is 9.02. The molecule has 2 aromatic rings. The van der Waals surface area contributed by atoms with E-state index in [1.165, 1.54) is 37.4 Å². The van der Waals surface area contributed by atoms with Gasteiger partial charge < -0.3 is 5.32 Å². The Morgan fingerprint density at radius 1 is 1.04 bits per heavy atom. The van der Waals surface area contributed by atoms with Gasteiger partial charge >= 0.3 is 0 Å². The summed E-state index contributed by atoms with van der Waals surface area (Å²) in [5.41, 5.74) is 1.62. The zero-order valence-electron chi connectivity index (χ0n) is 14.5. The van der Waals surface area contributed by atoms with E-state index in [0.29, 0.717) is 17.1 Å². The molecule has 1 amide bonds. The first-order valence-corrected chi connectivity index (χ1v) is 11.0. The van der Waals surface area contributed by atoms with Crippen LogP contribution in [0.1, 0.15) is 60.9 Å². The molecular weight excluding hydrogens is 414 g/mol. The molecule has 26 heavy (non-hydrogen) atoms. The molecule has 1 aromatic heterocycles. The molecule has 7 heteroatoms. The van der Waals surface area contributed by atoms with Crippen molar-refractivity contribution in [3.63, 3.8) is 0 Å². The number of aromatic nitrogens is 2. The van der Waals surface area contributed by atoms with Gasteiger partial charge in [0.05, 0.1) is 22.6 Å². The molecule has 2 N–H and O–H groups in total. The number of hydrogen-bond donors (Lipinski definition) is 2. The van der Waals surface area contributed by atoms with Crippen LogP contribution in [0.15, 0.2) is 33.5 Å². The summed E-state index contributed by atoms with van der Waals surface area (Å²) in [7, 11) is 0. The summed E-state index contributed by atoms with van der Waals surface area (Å²) in [6.07, 6.45) is 6.91.